The zero-order chi connectivity index (χ0) is 13.0. The third-order valence-corrected chi connectivity index (χ3v) is 4.79. The maximum atomic E-state index is 5.86. The highest BCUT2D eigenvalue weighted by atomic mass is 79.9. The van der Waals surface area contributed by atoms with Gasteiger partial charge < -0.3 is 4.74 Å². The Bertz CT molecular complexity index is 376. The normalized spacial score (nSPS) is 16.8. The van der Waals surface area contributed by atoms with Crippen LogP contribution in [-0.4, -0.2) is 31.1 Å². The van der Waals surface area contributed by atoms with Gasteiger partial charge in [0.2, 0.25) is 0 Å². The van der Waals surface area contributed by atoms with Gasteiger partial charge >= 0.3 is 0 Å². The van der Waals surface area contributed by atoms with Crippen LogP contribution in [-0.2, 0) is 0 Å². The predicted molar refractivity (Wildman–Crippen MR) is 79.4 cm³/mol. The van der Waals surface area contributed by atoms with Crippen molar-refractivity contribution in [3.05, 3.63) is 27.7 Å². The van der Waals surface area contributed by atoms with Gasteiger partial charge in [-0.25, -0.2) is 0 Å². The van der Waals surface area contributed by atoms with Crippen LogP contribution in [0.25, 0.3) is 0 Å². The lowest BCUT2D eigenvalue weighted by Crippen LogP contribution is -2.33. The standard InChI is InChI=1S/C15H22BrNO/c1-12-10-14(11-13(2)15(12)16)18-9-8-17-6-4-3-5-7-17/h10-11H,3-9H2,1-2H3. The Morgan fingerprint density at radius 2 is 1.72 bits per heavy atom. The Hall–Kier alpha value is -0.540. The summed E-state index contributed by atoms with van der Waals surface area (Å²) < 4.78 is 7.05. The quantitative estimate of drug-likeness (QED) is 0.835. The van der Waals surface area contributed by atoms with E-state index in [1.165, 1.54) is 48.0 Å². The summed E-state index contributed by atoms with van der Waals surface area (Å²) in [7, 11) is 0. The number of ether oxygens (including phenoxy) is 1. The van der Waals surface area contributed by atoms with E-state index in [0.29, 0.717) is 0 Å². The van der Waals surface area contributed by atoms with Gasteiger partial charge in [-0.1, -0.05) is 22.4 Å². The van der Waals surface area contributed by atoms with Gasteiger partial charge in [-0.05, 0) is 63.0 Å². The molecule has 1 saturated heterocycles. The van der Waals surface area contributed by atoms with Crippen LogP contribution in [0.5, 0.6) is 5.75 Å². The molecule has 0 N–H and O–H groups in total. The molecule has 0 aromatic heterocycles. The van der Waals surface area contributed by atoms with Crippen molar-refractivity contribution < 1.29 is 4.74 Å². The second-order valence-electron chi connectivity index (χ2n) is 5.12. The molecule has 2 nitrogen and oxygen atoms in total. The average Bonchev–Trinajstić information content (AvgIpc) is 2.37. The molecule has 0 atom stereocenters. The number of likely N-dealkylation sites (tertiary alicyclic amines) is 1. The van der Waals surface area contributed by atoms with Gasteiger partial charge in [0.25, 0.3) is 0 Å². The molecule has 100 valence electrons. The fraction of sp³-hybridized carbons (Fsp3) is 0.600. The average molecular weight is 312 g/mol. The molecule has 18 heavy (non-hydrogen) atoms. The second-order valence-corrected chi connectivity index (χ2v) is 5.91. The number of aryl methyl sites for hydroxylation is 2. The second kappa shape index (κ2) is 6.58. The van der Waals surface area contributed by atoms with E-state index >= 15 is 0 Å². The van der Waals surface area contributed by atoms with E-state index in [1.807, 2.05) is 0 Å². The largest absolute Gasteiger partial charge is 0.492 e. The number of rotatable bonds is 4. The monoisotopic (exact) mass is 311 g/mol. The molecule has 0 saturated carbocycles. The Morgan fingerprint density at radius 1 is 1.11 bits per heavy atom. The molecule has 0 spiro atoms. The first-order valence-electron chi connectivity index (χ1n) is 6.79. The molecule has 0 bridgehead atoms. The molecular weight excluding hydrogens is 290 g/mol. The van der Waals surface area contributed by atoms with Crippen molar-refractivity contribution in [2.45, 2.75) is 33.1 Å². The van der Waals surface area contributed by atoms with Crippen LogP contribution in [0.2, 0.25) is 0 Å². The number of hydrogen-bond acceptors (Lipinski definition) is 2. The molecule has 0 aliphatic carbocycles. The number of hydrogen-bond donors (Lipinski definition) is 0. The SMILES string of the molecule is Cc1cc(OCCN2CCCCC2)cc(C)c1Br. The van der Waals surface area contributed by atoms with Crippen molar-refractivity contribution in [3.8, 4) is 5.75 Å². The number of nitrogens with zero attached hydrogens (tertiary/aromatic N) is 1. The van der Waals surface area contributed by atoms with Crippen molar-refractivity contribution in [3.63, 3.8) is 0 Å². The Balaban J connectivity index is 1.82. The lowest BCUT2D eigenvalue weighted by Gasteiger charge is -2.26. The van der Waals surface area contributed by atoms with E-state index in [4.69, 9.17) is 4.74 Å². The van der Waals surface area contributed by atoms with Gasteiger partial charge in [-0.3, -0.25) is 4.90 Å². The fourth-order valence-corrected chi connectivity index (χ4v) is 2.69. The smallest absolute Gasteiger partial charge is 0.119 e. The molecule has 1 fully saturated rings. The molecule has 0 radical (unpaired) electrons. The minimum Gasteiger partial charge on any atom is -0.492 e. The summed E-state index contributed by atoms with van der Waals surface area (Å²) in [6.07, 6.45) is 4.08. The molecule has 1 aromatic rings. The van der Waals surface area contributed by atoms with Crippen LogP contribution in [0.1, 0.15) is 30.4 Å². The molecule has 1 aliphatic heterocycles. The molecular formula is C15H22BrNO. The fourth-order valence-electron chi connectivity index (χ4n) is 2.47. The van der Waals surface area contributed by atoms with Crippen LogP contribution < -0.4 is 4.74 Å². The minimum atomic E-state index is 0.792. The van der Waals surface area contributed by atoms with E-state index in [2.05, 4.69) is 46.8 Å². The summed E-state index contributed by atoms with van der Waals surface area (Å²) in [5.74, 6) is 0.991. The van der Waals surface area contributed by atoms with Crippen molar-refractivity contribution >= 4 is 15.9 Å². The highest BCUT2D eigenvalue weighted by Crippen LogP contribution is 2.26. The van der Waals surface area contributed by atoms with Crippen molar-refractivity contribution in [1.29, 1.82) is 0 Å². The highest BCUT2D eigenvalue weighted by Gasteiger charge is 2.10. The van der Waals surface area contributed by atoms with Gasteiger partial charge in [-0.2, -0.15) is 0 Å². The van der Waals surface area contributed by atoms with Crippen LogP contribution in [0.4, 0.5) is 0 Å². The van der Waals surface area contributed by atoms with Gasteiger partial charge in [0, 0.05) is 11.0 Å². The summed E-state index contributed by atoms with van der Waals surface area (Å²) in [5, 5.41) is 0. The van der Waals surface area contributed by atoms with E-state index in [9.17, 15) is 0 Å². The summed E-state index contributed by atoms with van der Waals surface area (Å²) in [4.78, 5) is 2.50. The van der Waals surface area contributed by atoms with Crippen molar-refractivity contribution in [2.75, 3.05) is 26.2 Å². The number of halogens is 1. The van der Waals surface area contributed by atoms with Crippen molar-refractivity contribution in [2.24, 2.45) is 0 Å². The Labute approximate surface area is 118 Å². The van der Waals surface area contributed by atoms with E-state index in [-0.39, 0.29) is 0 Å². The zero-order valence-electron chi connectivity index (χ0n) is 11.3. The minimum absolute atomic E-state index is 0.792. The topological polar surface area (TPSA) is 12.5 Å². The molecule has 0 unspecified atom stereocenters. The first-order valence-corrected chi connectivity index (χ1v) is 7.58. The third kappa shape index (κ3) is 3.72. The van der Waals surface area contributed by atoms with Gasteiger partial charge in [0.1, 0.15) is 12.4 Å². The molecule has 1 heterocycles. The molecule has 0 amide bonds. The maximum absolute atomic E-state index is 5.86. The molecule has 1 aromatic carbocycles. The van der Waals surface area contributed by atoms with Crippen LogP contribution in [0, 0.1) is 13.8 Å². The molecule has 1 aliphatic rings. The van der Waals surface area contributed by atoms with Crippen LogP contribution >= 0.6 is 15.9 Å². The third-order valence-electron chi connectivity index (χ3n) is 3.53. The van der Waals surface area contributed by atoms with E-state index < -0.39 is 0 Å². The first-order chi connectivity index (χ1) is 8.66. The summed E-state index contributed by atoms with van der Waals surface area (Å²) in [5.41, 5.74) is 2.48. The lowest BCUT2D eigenvalue weighted by atomic mass is 10.1. The van der Waals surface area contributed by atoms with Gasteiger partial charge in [0.15, 0.2) is 0 Å². The number of benzene rings is 1. The van der Waals surface area contributed by atoms with E-state index in [0.717, 1.165) is 18.9 Å². The first kappa shape index (κ1) is 13.9. The predicted octanol–water partition coefficient (Wildman–Crippen LogP) is 3.93. The molecule has 2 rings (SSSR count). The summed E-state index contributed by atoms with van der Waals surface area (Å²) in [6, 6.07) is 4.21. The molecule has 3 heteroatoms. The van der Waals surface area contributed by atoms with Crippen LogP contribution in [0.3, 0.4) is 0 Å². The van der Waals surface area contributed by atoms with Crippen molar-refractivity contribution in [1.82, 2.24) is 4.90 Å². The maximum Gasteiger partial charge on any atom is 0.119 e. The Morgan fingerprint density at radius 3 is 2.33 bits per heavy atom. The van der Waals surface area contributed by atoms with Crippen LogP contribution in [0.15, 0.2) is 16.6 Å². The van der Waals surface area contributed by atoms with Gasteiger partial charge in [-0.15, -0.1) is 0 Å². The zero-order valence-corrected chi connectivity index (χ0v) is 12.9. The number of piperidine rings is 1. The van der Waals surface area contributed by atoms with E-state index in [1.54, 1.807) is 0 Å². The van der Waals surface area contributed by atoms with Gasteiger partial charge in [0.05, 0.1) is 0 Å². The summed E-state index contributed by atoms with van der Waals surface area (Å²) in [6.45, 7) is 8.53. The lowest BCUT2D eigenvalue weighted by molar-refractivity contribution is 0.183. The Kier molecular flexibility index (Phi) is 5.07. The summed E-state index contributed by atoms with van der Waals surface area (Å²) >= 11 is 3.58. The highest BCUT2D eigenvalue weighted by molar-refractivity contribution is 9.10.